The Balaban J connectivity index is 2.18. The van der Waals surface area contributed by atoms with Gasteiger partial charge in [0.2, 0.25) is 0 Å². The molecule has 1 aromatic heterocycles. The molecular formula is C18H20N2O3. The highest BCUT2D eigenvalue weighted by atomic mass is 16.4. The van der Waals surface area contributed by atoms with Crippen LogP contribution in [0.25, 0.3) is 11.1 Å². The van der Waals surface area contributed by atoms with Crippen LogP contribution in [0.3, 0.4) is 0 Å². The summed E-state index contributed by atoms with van der Waals surface area (Å²) in [6, 6.07) is 10.4. The van der Waals surface area contributed by atoms with Crippen molar-refractivity contribution in [3.8, 4) is 11.1 Å². The molecule has 1 amide bonds. The van der Waals surface area contributed by atoms with Gasteiger partial charge in [0, 0.05) is 18.0 Å². The van der Waals surface area contributed by atoms with Gasteiger partial charge in [-0.15, -0.1) is 0 Å². The first-order chi connectivity index (χ1) is 11.0. The Morgan fingerprint density at radius 2 is 1.83 bits per heavy atom. The van der Waals surface area contributed by atoms with E-state index in [1.54, 1.807) is 12.3 Å². The van der Waals surface area contributed by atoms with E-state index in [4.69, 9.17) is 0 Å². The average molecular weight is 312 g/mol. The lowest BCUT2D eigenvalue weighted by Crippen LogP contribution is -2.41. The van der Waals surface area contributed by atoms with E-state index >= 15 is 0 Å². The molecule has 1 aromatic carbocycles. The minimum Gasteiger partial charge on any atom is -0.480 e. The zero-order valence-electron chi connectivity index (χ0n) is 13.2. The highest BCUT2D eigenvalue weighted by molar-refractivity contribution is 5.97. The van der Waals surface area contributed by atoms with E-state index in [9.17, 15) is 14.7 Å². The van der Waals surface area contributed by atoms with Crippen molar-refractivity contribution in [2.24, 2.45) is 5.92 Å². The molecule has 0 unspecified atom stereocenters. The van der Waals surface area contributed by atoms with Crippen molar-refractivity contribution in [1.82, 2.24) is 10.3 Å². The normalized spacial score (nSPS) is 12.0. The van der Waals surface area contributed by atoms with Crippen LogP contribution in [0.5, 0.6) is 0 Å². The van der Waals surface area contributed by atoms with Crippen molar-refractivity contribution < 1.29 is 14.7 Å². The van der Waals surface area contributed by atoms with E-state index in [-0.39, 0.29) is 5.92 Å². The van der Waals surface area contributed by atoms with Gasteiger partial charge in [0.15, 0.2) is 0 Å². The molecule has 0 aliphatic carbocycles. The van der Waals surface area contributed by atoms with Crippen LogP contribution < -0.4 is 5.32 Å². The largest absolute Gasteiger partial charge is 0.480 e. The van der Waals surface area contributed by atoms with E-state index in [1.807, 2.05) is 44.2 Å². The Morgan fingerprint density at radius 3 is 2.43 bits per heavy atom. The predicted molar refractivity (Wildman–Crippen MR) is 88.0 cm³/mol. The fraction of sp³-hybridized carbons (Fsp3) is 0.278. The standard InChI is InChI=1S/C18H20N2O3/c1-12(2)8-16(18(22)23)20-17(21)15-9-14(10-19-11-15)13-6-4-3-5-7-13/h3-7,9-12,16H,8H2,1-2H3,(H,20,21)(H,22,23)/t16-/m0/s1. The highest BCUT2D eigenvalue weighted by Gasteiger charge is 2.22. The number of hydrogen-bond donors (Lipinski definition) is 2. The van der Waals surface area contributed by atoms with Crippen LogP contribution in [-0.4, -0.2) is 28.0 Å². The number of benzene rings is 1. The lowest BCUT2D eigenvalue weighted by atomic mass is 10.0. The Hall–Kier alpha value is -2.69. The number of pyridine rings is 1. The maximum atomic E-state index is 12.3. The van der Waals surface area contributed by atoms with Crippen LogP contribution in [0.2, 0.25) is 0 Å². The summed E-state index contributed by atoms with van der Waals surface area (Å²) in [5.41, 5.74) is 2.11. The summed E-state index contributed by atoms with van der Waals surface area (Å²) in [5.74, 6) is -1.28. The predicted octanol–water partition coefficient (Wildman–Crippen LogP) is 2.98. The topological polar surface area (TPSA) is 79.3 Å². The number of carbonyl (C=O) groups is 2. The van der Waals surface area contributed by atoms with E-state index in [2.05, 4.69) is 10.3 Å². The van der Waals surface area contributed by atoms with E-state index in [1.165, 1.54) is 6.20 Å². The van der Waals surface area contributed by atoms with Gasteiger partial charge in [-0.25, -0.2) is 4.79 Å². The van der Waals surface area contributed by atoms with Gasteiger partial charge in [0.05, 0.1) is 5.56 Å². The molecule has 0 spiro atoms. The second-order valence-corrected chi connectivity index (χ2v) is 5.82. The number of rotatable bonds is 6. The fourth-order valence-electron chi connectivity index (χ4n) is 2.29. The molecule has 0 saturated heterocycles. The Morgan fingerprint density at radius 1 is 1.13 bits per heavy atom. The van der Waals surface area contributed by atoms with E-state index in [0.717, 1.165) is 11.1 Å². The van der Waals surface area contributed by atoms with Gasteiger partial charge in [-0.2, -0.15) is 0 Å². The Bertz CT molecular complexity index is 684. The van der Waals surface area contributed by atoms with Crippen molar-refractivity contribution >= 4 is 11.9 Å². The molecule has 0 fully saturated rings. The van der Waals surface area contributed by atoms with Crippen molar-refractivity contribution in [1.29, 1.82) is 0 Å². The third-order valence-corrected chi connectivity index (χ3v) is 3.42. The fourth-order valence-corrected chi connectivity index (χ4v) is 2.29. The van der Waals surface area contributed by atoms with Crippen LogP contribution in [0.15, 0.2) is 48.8 Å². The Kier molecular flexibility index (Phi) is 5.46. The summed E-state index contributed by atoms with van der Waals surface area (Å²) in [7, 11) is 0. The molecule has 2 N–H and O–H groups in total. The van der Waals surface area contributed by atoms with E-state index in [0.29, 0.717) is 12.0 Å². The molecule has 0 aliphatic rings. The molecule has 0 bridgehead atoms. The molecule has 0 aliphatic heterocycles. The highest BCUT2D eigenvalue weighted by Crippen LogP contribution is 2.19. The van der Waals surface area contributed by atoms with Gasteiger partial charge in [-0.1, -0.05) is 44.2 Å². The molecule has 1 atom stereocenters. The maximum Gasteiger partial charge on any atom is 0.326 e. The summed E-state index contributed by atoms with van der Waals surface area (Å²) < 4.78 is 0. The second-order valence-electron chi connectivity index (χ2n) is 5.82. The zero-order valence-corrected chi connectivity index (χ0v) is 13.2. The number of nitrogens with one attached hydrogen (secondary N) is 1. The minimum atomic E-state index is -1.03. The number of hydrogen-bond acceptors (Lipinski definition) is 3. The molecule has 1 heterocycles. The number of carbonyl (C=O) groups excluding carboxylic acids is 1. The summed E-state index contributed by atoms with van der Waals surface area (Å²) in [6.45, 7) is 3.83. The van der Waals surface area contributed by atoms with Gasteiger partial charge >= 0.3 is 5.97 Å². The number of carboxylic acids is 1. The first-order valence-corrected chi connectivity index (χ1v) is 7.51. The first kappa shape index (κ1) is 16.7. The summed E-state index contributed by atoms with van der Waals surface area (Å²) in [6.07, 6.45) is 3.50. The SMILES string of the molecule is CC(C)C[C@H](NC(=O)c1cncc(-c2ccccc2)c1)C(=O)O. The van der Waals surface area contributed by atoms with Gasteiger partial charge in [-0.05, 0) is 24.0 Å². The van der Waals surface area contributed by atoms with E-state index < -0.39 is 17.9 Å². The Labute approximate surface area is 135 Å². The van der Waals surface area contributed by atoms with Gasteiger partial charge in [-0.3, -0.25) is 9.78 Å². The molecular weight excluding hydrogens is 292 g/mol. The van der Waals surface area contributed by atoms with Gasteiger partial charge < -0.3 is 10.4 Å². The first-order valence-electron chi connectivity index (χ1n) is 7.51. The molecule has 5 nitrogen and oxygen atoms in total. The summed E-state index contributed by atoms with van der Waals surface area (Å²) >= 11 is 0. The number of carboxylic acid groups (broad SMARTS) is 1. The number of nitrogens with zero attached hydrogens (tertiary/aromatic N) is 1. The molecule has 5 heteroatoms. The zero-order chi connectivity index (χ0) is 16.8. The molecule has 2 aromatic rings. The summed E-state index contributed by atoms with van der Waals surface area (Å²) in [5, 5.41) is 11.8. The number of aliphatic carboxylic acids is 1. The lowest BCUT2D eigenvalue weighted by Gasteiger charge is -2.16. The van der Waals surface area contributed by atoms with Crippen LogP contribution in [0, 0.1) is 5.92 Å². The molecule has 0 saturated carbocycles. The quantitative estimate of drug-likeness (QED) is 0.859. The molecule has 23 heavy (non-hydrogen) atoms. The monoisotopic (exact) mass is 312 g/mol. The molecule has 2 rings (SSSR count). The molecule has 120 valence electrons. The minimum absolute atomic E-state index is 0.171. The van der Waals surface area contributed by atoms with Crippen LogP contribution in [-0.2, 0) is 4.79 Å². The van der Waals surface area contributed by atoms with Gasteiger partial charge in [0.25, 0.3) is 5.91 Å². The summed E-state index contributed by atoms with van der Waals surface area (Å²) in [4.78, 5) is 27.7. The smallest absolute Gasteiger partial charge is 0.326 e. The van der Waals surface area contributed by atoms with Crippen molar-refractivity contribution in [2.75, 3.05) is 0 Å². The van der Waals surface area contributed by atoms with Crippen LogP contribution in [0.4, 0.5) is 0 Å². The van der Waals surface area contributed by atoms with Gasteiger partial charge in [0.1, 0.15) is 6.04 Å². The average Bonchev–Trinajstić information content (AvgIpc) is 2.54. The van der Waals surface area contributed by atoms with Crippen LogP contribution >= 0.6 is 0 Å². The molecule has 0 radical (unpaired) electrons. The van der Waals surface area contributed by atoms with Crippen LogP contribution in [0.1, 0.15) is 30.6 Å². The maximum absolute atomic E-state index is 12.3. The number of aromatic nitrogens is 1. The second kappa shape index (κ2) is 7.54. The van der Waals surface area contributed by atoms with Crippen molar-refractivity contribution in [3.05, 3.63) is 54.4 Å². The third-order valence-electron chi connectivity index (χ3n) is 3.42. The lowest BCUT2D eigenvalue weighted by molar-refractivity contribution is -0.139. The number of amides is 1. The van der Waals surface area contributed by atoms with Crippen molar-refractivity contribution in [2.45, 2.75) is 26.3 Å². The third kappa shape index (κ3) is 4.64. The van der Waals surface area contributed by atoms with Crippen molar-refractivity contribution in [3.63, 3.8) is 0 Å².